The summed E-state index contributed by atoms with van der Waals surface area (Å²) in [5, 5.41) is 2.89. The second kappa shape index (κ2) is 6.00. The van der Waals surface area contributed by atoms with Crippen molar-refractivity contribution in [2.45, 2.75) is 20.8 Å². The maximum Gasteiger partial charge on any atom is 0.229 e. The number of hydrogen-bond donors (Lipinski definition) is 1. The molecule has 1 amide bonds. The van der Waals surface area contributed by atoms with E-state index in [-0.39, 0.29) is 5.91 Å². The Hall–Kier alpha value is -2.82. The number of anilines is 1. The van der Waals surface area contributed by atoms with E-state index >= 15 is 0 Å². The Labute approximate surface area is 140 Å². The van der Waals surface area contributed by atoms with Crippen molar-refractivity contribution in [3.05, 3.63) is 42.5 Å². The summed E-state index contributed by atoms with van der Waals surface area (Å²) < 4.78 is 11.0. The van der Waals surface area contributed by atoms with Crippen LogP contribution in [0.4, 0.5) is 5.69 Å². The zero-order valence-electron chi connectivity index (χ0n) is 14.2. The Morgan fingerprint density at radius 2 is 1.83 bits per heavy atom. The molecule has 3 aromatic rings. The van der Waals surface area contributed by atoms with Crippen molar-refractivity contribution in [2.75, 3.05) is 12.4 Å². The van der Waals surface area contributed by atoms with Crippen LogP contribution in [0.5, 0.6) is 5.75 Å². The lowest BCUT2D eigenvalue weighted by molar-refractivity contribution is -0.123. The van der Waals surface area contributed by atoms with Gasteiger partial charge < -0.3 is 14.5 Å². The van der Waals surface area contributed by atoms with Crippen LogP contribution in [-0.4, -0.2) is 18.0 Å². The number of rotatable bonds is 3. The van der Waals surface area contributed by atoms with E-state index in [1.165, 1.54) is 0 Å². The molecule has 0 aliphatic carbocycles. The van der Waals surface area contributed by atoms with Crippen LogP contribution in [-0.2, 0) is 4.79 Å². The standard InChI is InChI=1S/C19H20N2O3/c1-19(2,3)18(22)20-13-7-10-15-16(11-13)24-17(21-15)12-5-8-14(23-4)9-6-12/h5-11H,1-4H3,(H,20,22). The number of carbonyl (C=O) groups excluding carboxylic acids is 1. The minimum atomic E-state index is -0.454. The normalized spacial score (nSPS) is 11.5. The van der Waals surface area contributed by atoms with Gasteiger partial charge in [-0.1, -0.05) is 20.8 Å². The summed E-state index contributed by atoms with van der Waals surface area (Å²) in [5.74, 6) is 1.27. The third kappa shape index (κ3) is 3.25. The Bertz CT molecular complexity index is 874. The molecule has 0 spiro atoms. The molecule has 124 valence electrons. The highest BCUT2D eigenvalue weighted by atomic mass is 16.5. The number of hydrogen-bond acceptors (Lipinski definition) is 4. The number of aromatic nitrogens is 1. The van der Waals surface area contributed by atoms with Gasteiger partial charge in [0.1, 0.15) is 11.3 Å². The smallest absolute Gasteiger partial charge is 0.229 e. The minimum absolute atomic E-state index is 0.0447. The molecule has 0 saturated carbocycles. The van der Waals surface area contributed by atoms with Crippen molar-refractivity contribution in [3.8, 4) is 17.2 Å². The van der Waals surface area contributed by atoms with E-state index in [0.717, 1.165) is 16.8 Å². The fourth-order valence-electron chi connectivity index (χ4n) is 2.18. The van der Waals surface area contributed by atoms with Crippen molar-refractivity contribution in [1.82, 2.24) is 4.98 Å². The zero-order valence-corrected chi connectivity index (χ0v) is 14.2. The lowest BCUT2D eigenvalue weighted by Gasteiger charge is -2.17. The van der Waals surface area contributed by atoms with E-state index in [4.69, 9.17) is 9.15 Å². The van der Waals surface area contributed by atoms with Crippen LogP contribution in [0.15, 0.2) is 46.9 Å². The molecule has 0 atom stereocenters. The van der Waals surface area contributed by atoms with Crippen LogP contribution in [0.3, 0.4) is 0 Å². The predicted molar refractivity (Wildman–Crippen MR) is 94.1 cm³/mol. The summed E-state index contributed by atoms with van der Waals surface area (Å²) >= 11 is 0. The third-order valence-corrected chi connectivity index (χ3v) is 3.66. The molecule has 1 N–H and O–H groups in total. The first kappa shape index (κ1) is 16.1. The van der Waals surface area contributed by atoms with Crippen molar-refractivity contribution in [1.29, 1.82) is 0 Å². The fourth-order valence-corrected chi connectivity index (χ4v) is 2.18. The fraction of sp³-hybridized carbons (Fsp3) is 0.263. The number of methoxy groups -OCH3 is 1. The van der Waals surface area contributed by atoms with E-state index in [2.05, 4.69) is 10.3 Å². The average Bonchev–Trinajstić information content (AvgIpc) is 2.97. The maximum atomic E-state index is 12.1. The molecule has 2 aromatic carbocycles. The number of fused-ring (bicyclic) bond motifs is 1. The van der Waals surface area contributed by atoms with E-state index in [1.807, 2.05) is 57.2 Å². The number of amides is 1. The van der Waals surface area contributed by atoms with Gasteiger partial charge in [-0.3, -0.25) is 4.79 Å². The number of oxazole rings is 1. The highest BCUT2D eigenvalue weighted by molar-refractivity contribution is 5.96. The van der Waals surface area contributed by atoms with Crippen molar-refractivity contribution in [2.24, 2.45) is 5.41 Å². The summed E-state index contributed by atoms with van der Waals surface area (Å²) in [5.41, 5.74) is 2.49. The van der Waals surface area contributed by atoms with Gasteiger partial charge >= 0.3 is 0 Å². The van der Waals surface area contributed by atoms with Crippen LogP contribution in [0.2, 0.25) is 0 Å². The number of nitrogens with zero attached hydrogens (tertiary/aromatic N) is 1. The molecule has 0 bridgehead atoms. The molecule has 5 heteroatoms. The lowest BCUT2D eigenvalue weighted by Crippen LogP contribution is -2.27. The summed E-state index contributed by atoms with van der Waals surface area (Å²) in [6.45, 7) is 5.62. The van der Waals surface area contributed by atoms with Gasteiger partial charge in [-0.2, -0.15) is 0 Å². The van der Waals surface area contributed by atoms with Gasteiger partial charge in [-0.15, -0.1) is 0 Å². The van der Waals surface area contributed by atoms with Crippen molar-refractivity contribution >= 4 is 22.7 Å². The molecule has 3 rings (SSSR count). The Kier molecular flexibility index (Phi) is 4.01. The second-order valence-corrected chi connectivity index (χ2v) is 6.63. The molecule has 0 fully saturated rings. The van der Waals surface area contributed by atoms with Crippen molar-refractivity contribution in [3.63, 3.8) is 0 Å². The predicted octanol–water partition coefficient (Wildman–Crippen LogP) is 4.49. The van der Waals surface area contributed by atoms with E-state index in [0.29, 0.717) is 17.2 Å². The van der Waals surface area contributed by atoms with Crippen molar-refractivity contribution < 1.29 is 13.9 Å². The summed E-state index contributed by atoms with van der Waals surface area (Å²) in [6.07, 6.45) is 0. The summed E-state index contributed by atoms with van der Waals surface area (Å²) in [4.78, 5) is 16.6. The monoisotopic (exact) mass is 324 g/mol. The van der Waals surface area contributed by atoms with E-state index < -0.39 is 5.41 Å². The molecule has 0 unspecified atom stereocenters. The number of nitrogens with one attached hydrogen (secondary N) is 1. The van der Waals surface area contributed by atoms with E-state index in [9.17, 15) is 4.79 Å². The molecule has 0 aliphatic rings. The highest BCUT2D eigenvalue weighted by Crippen LogP contribution is 2.28. The van der Waals surface area contributed by atoms with Gasteiger partial charge in [0.25, 0.3) is 0 Å². The summed E-state index contributed by atoms with van der Waals surface area (Å²) in [6, 6.07) is 13.0. The first-order chi connectivity index (χ1) is 11.4. The molecule has 0 aliphatic heterocycles. The van der Waals surface area contributed by atoms with Gasteiger partial charge in [0.2, 0.25) is 11.8 Å². The first-order valence-corrected chi connectivity index (χ1v) is 7.73. The van der Waals surface area contributed by atoms with Gasteiger partial charge in [-0.05, 0) is 36.4 Å². The molecule has 5 nitrogen and oxygen atoms in total. The van der Waals surface area contributed by atoms with Crippen LogP contribution >= 0.6 is 0 Å². The SMILES string of the molecule is COc1ccc(-c2nc3ccc(NC(=O)C(C)(C)C)cc3o2)cc1. The first-order valence-electron chi connectivity index (χ1n) is 7.73. The molecular weight excluding hydrogens is 304 g/mol. The maximum absolute atomic E-state index is 12.1. The largest absolute Gasteiger partial charge is 0.497 e. The Morgan fingerprint density at radius 1 is 1.12 bits per heavy atom. The van der Waals surface area contributed by atoms with Crippen LogP contribution in [0.1, 0.15) is 20.8 Å². The quantitative estimate of drug-likeness (QED) is 0.771. The topological polar surface area (TPSA) is 64.4 Å². The zero-order chi connectivity index (χ0) is 17.3. The summed E-state index contributed by atoms with van der Waals surface area (Å²) in [7, 11) is 1.63. The van der Waals surface area contributed by atoms with Crippen LogP contribution in [0.25, 0.3) is 22.6 Å². The van der Waals surface area contributed by atoms with Crippen LogP contribution < -0.4 is 10.1 Å². The van der Waals surface area contributed by atoms with Gasteiger partial charge in [0.15, 0.2) is 5.58 Å². The Morgan fingerprint density at radius 3 is 2.46 bits per heavy atom. The highest BCUT2D eigenvalue weighted by Gasteiger charge is 2.21. The van der Waals surface area contributed by atoms with Gasteiger partial charge in [0.05, 0.1) is 7.11 Å². The second-order valence-electron chi connectivity index (χ2n) is 6.63. The molecular formula is C19H20N2O3. The molecule has 0 radical (unpaired) electrons. The van der Waals surface area contributed by atoms with E-state index in [1.54, 1.807) is 13.2 Å². The number of ether oxygens (including phenoxy) is 1. The number of benzene rings is 2. The van der Waals surface area contributed by atoms with Crippen LogP contribution in [0, 0.1) is 5.41 Å². The average molecular weight is 324 g/mol. The third-order valence-electron chi connectivity index (χ3n) is 3.66. The van der Waals surface area contributed by atoms with Gasteiger partial charge in [0, 0.05) is 22.7 Å². The minimum Gasteiger partial charge on any atom is -0.497 e. The Balaban J connectivity index is 1.89. The lowest BCUT2D eigenvalue weighted by atomic mass is 9.95. The molecule has 1 aromatic heterocycles. The number of carbonyl (C=O) groups is 1. The van der Waals surface area contributed by atoms with Gasteiger partial charge in [-0.25, -0.2) is 4.98 Å². The molecule has 0 saturated heterocycles. The molecule has 24 heavy (non-hydrogen) atoms. The molecule has 1 heterocycles.